The van der Waals surface area contributed by atoms with Crippen LogP contribution in [0.25, 0.3) is 0 Å². The van der Waals surface area contributed by atoms with Crippen LogP contribution in [0.1, 0.15) is 77.7 Å². The van der Waals surface area contributed by atoms with Crippen molar-refractivity contribution in [1.82, 2.24) is 0 Å². The summed E-state index contributed by atoms with van der Waals surface area (Å²) in [4.78, 5) is 14.1. The van der Waals surface area contributed by atoms with Crippen molar-refractivity contribution in [2.24, 2.45) is 23.2 Å². The van der Waals surface area contributed by atoms with Crippen molar-refractivity contribution in [2.45, 2.75) is 90.3 Å². The minimum atomic E-state index is -1.22. The minimum Gasteiger partial charge on any atom is -0.508 e. The van der Waals surface area contributed by atoms with Crippen molar-refractivity contribution in [1.29, 1.82) is 0 Å². The van der Waals surface area contributed by atoms with Crippen LogP contribution in [-0.2, 0) is 11.2 Å². The second-order valence-corrected chi connectivity index (χ2v) is 16.6. The Morgan fingerprint density at radius 3 is 2.55 bits per heavy atom. The topological polar surface area (TPSA) is 118 Å². The van der Waals surface area contributed by atoms with Crippen LogP contribution in [0.3, 0.4) is 0 Å². The van der Waals surface area contributed by atoms with Gasteiger partial charge in [-0.05, 0) is 113 Å². The SMILES string of the molecule is C=C(/C=C/C=C(/CO)[C@H]1C[C@H]2CSSCC/C(C(=O)Cc3ccc(O)cc3)=C3/CC[C@@](C)(O)[C@]2([C@@H]3CCCO)[C@@H]1O)CCC=C(C)C. The van der Waals surface area contributed by atoms with E-state index in [0.29, 0.717) is 38.5 Å². The van der Waals surface area contributed by atoms with E-state index in [4.69, 9.17) is 0 Å². The highest BCUT2D eigenvalue weighted by Crippen LogP contribution is 2.66. The average molecular weight is 683 g/mol. The Hall–Kier alpha value is -2.07. The summed E-state index contributed by atoms with van der Waals surface area (Å²) in [6.45, 7) is 9.97. The molecule has 6 nitrogen and oxygen atoms in total. The van der Waals surface area contributed by atoms with E-state index in [1.165, 1.54) is 5.57 Å². The molecule has 6 atom stereocenters. The molecule has 0 saturated heterocycles. The Morgan fingerprint density at radius 1 is 1.13 bits per heavy atom. The average Bonchev–Trinajstić information content (AvgIpc) is 3.31. The van der Waals surface area contributed by atoms with Crippen LogP contribution >= 0.6 is 21.6 Å². The number of carbonyl (C=O) groups excluding carboxylic acids is 1. The maximum atomic E-state index is 14.1. The molecule has 2 aliphatic carbocycles. The Kier molecular flexibility index (Phi) is 13.7. The van der Waals surface area contributed by atoms with E-state index in [1.807, 2.05) is 25.2 Å². The Labute approximate surface area is 289 Å². The monoisotopic (exact) mass is 682 g/mol. The van der Waals surface area contributed by atoms with Crippen LogP contribution in [-0.4, -0.2) is 67.7 Å². The van der Waals surface area contributed by atoms with Crippen molar-refractivity contribution in [2.75, 3.05) is 24.7 Å². The van der Waals surface area contributed by atoms with Crippen LogP contribution in [0.5, 0.6) is 5.75 Å². The molecule has 258 valence electrons. The lowest BCUT2D eigenvalue weighted by Crippen LogP contribution is -2.62. The number of Topliss-reactive ketones (excluding diaryl/α,β-unsaturated/α-hetero) is 1. The molecular formula is C39H54O6S2. The van der Waals surface area contributed by atoms with E-state index in [-0.39, 0.29) is 48.9 Å². The van der Waals surface area contributed by atoms with Gasteiger partial charge >= 0.3 is 0 Å². The molecule has 0 unspecified atom stereocenters. The number of ketones is 1. The first-order chi connectivity index (χ1) is 22.5. The first-order valence-corrected chi connectivity index (χ1v) is 19.5. The van der Waals surface area contributed by atoms with Crippen LogP contribution < -0.4 is 0 Å². The third kappa shape index (κ3) is 8.57. The van der Waals surface area contributed by atoms with Crippen molar-refractivity contribution < 1.29 is 30.3 Å². The molecule has 1 heterocycles. The van der Waals surface area contributed by atoms with E-state index < -0.39 is 17.1 Å². The third-order valence-corrected chi connectivity index (χ3v) is 13.2. The van der Waals surface area contributed by atoms with Gasteiger partial charge < -0.3 is 25.5 Å². The number of fused-ring (bicyclic) bond motifs is 1. The normalized spacial score (nSPS) is 31.4. The van der Waals surface area contributed by atoms with Crippen LogP contribution in [0.2, 0.25) is 0 Å². The molecule has 4 rings (SSSR count). The van der Waals surface area contributed by atoms with Gasteiger partial charge in [-0.1, -0.05) is 81.3 Å². The van der Waals surface area contributed by atoms with Gasteiger partial charge in [-0.2, -0.15) is 0 Å². The molecule has 2 saturated carbocycles. The second-order valence-electron chi connectivity index (χ2n) is 14.0. The summed E-state index contributed by atoms with van der Waals surface area (Å²) in [7, 11) is 3.47. The highest BCUT2D eigenvalue weighted by atomic mass is 33.1. The first kappa shape index (κ1) is 37.7. The molecule has 3 aliphatic rings. The van der Waals surface area contributed by atoms with Crippen LogP contribution in [0.4, 0.5) is 0 Å². The maximum Gasteiger partial charge on any atom is 0.163 e. The predicted octanol–water partition coefficient (Wildman–Crippen LogP) is 7.28. The fourth-order valence-corrected chi connectivity index (χ4v) is 10.9. The summed E-state index contributed by atoms with van der Waals surface area (Å²) in [5.74, 6) is 0.984. The molecule has 0 radical (unpaired) electrons. The molecule has 1 aromatic rings. The third-order valence-electron chi connectivity index (χ3n) is 10.7. The molecule has 1 spiro atoms. The molecule has 1 aromatic carbocycles. The lowest BCUT2D eigenvalue weighted by atomic mass is 9.49. The number of benzene rings is 1. The van der Waals surface area contributed by atoms with Gasteiger partial charge in [0.25, 0.3) is 0 Å². The molecule has 8 heteroatoms. The number of aliphatic hydroxyl groups is 4. The van der Waals surface area contributed by atoms with Crippen LogP contribution in [0.15, 0.2) is 83.0 Å². The van der Waals surface area contributed by atoms with Crippen molar-refractivity contribution in [3.05, 3.63) is 88.6 Å². The van der Waals surface area contributed by atoms with Gasteiger partial charge in [-0.15, -0.1) is 0 Å². The lowest BCUT2D eigenvalue weighted by molar-refractivity contribution is -0.184. The zero-order valence-corrected chi connectivity index (χ0v) is 29.9. The Morgan fingerprint density at radius 2 is 1.87 bits per heavy atom. The van der Waals surface area contributed by atoms with E-state index in [2.05, 4.69) is 26.5 Å². The summed E-state index contributed by atoms with van der Waals surface area (Å²) in [5.41, 5.74) is 3.45. The number of hydrogen-bond donors (Lipinski definition) is 5. The fourth-order valence-electron chi connectivity index (χ4n) is 8.46. The standard InChI is InChI=1S/C39H54O6S2/c1-26(2)8-5-9-27(3)10-6-11-29(24-41)34-23-30-25-47-46-21-18-33(36(43)22-28-13-15-31(42)16-14-28)32-17-19-38(4,45)39(30,37(34)44)35(32)12-7-20-40/h6,8,10-11,13-16,30,34-35,37,40-42,44-45H,3,5,7,9,12,17-25H2,1-2,4H3/b10-6+,29-11-,33-32+/t30-,34+,35+,37+,38+,39+/m0/s1. The molecule has 2 bridgehead atoms. The summed E-state index contributed by atoms with van der Waals surface area (Å²) >= 11 is 0. The summed E-state index contributed by atoms with van der Waals surface area (Å²) in [6, 6.07) is 6.74. The van der Waals surface area contributed by atoms with E-state index in [9.17, 15) is 30.3 Å². The fraction of sp³-hybridized carbons (Fsp3) is 0.564. The Bertz CT molecular complexity index is 1370. The van der Waals surface area contributed by atoms with Crippen LogP contribution in [0, 0.1) is 23.2 Å². The molecule has 47 heavy (non-hydrogen) atoms. The molecular weight excluding hydrogens is 629 g/mol. The molecule has 0 amide bonds. The zero-order chi connectivity index (χ0) is 34.2. The van der Waals surface area contributed by atoms with Crippen molar-refractivity contribution in [3.63, 3.8) is 0 Å². The number of allylic oxidation sites excluding steroid dienone is 8. The van der Waals surface area contributed by atoms with Crippen molar-refractivity contribution >= 4 is 27.4 Å². The number of aliphatic hydroxyl groups excluding tert-OH is 3. The number of phenolic OH excluding ortho intramolecular Hbond substituents is 1. The second kappa shape index (κ2) is 17.0. The van der Waals surface area contributed by atoms with Gasteiger partial charge in [-0.25, -0.2) is 0 Å². The number of carbonyl (C=O) groups is 1. The van der Waals surface area contributed by atoms with Gasteiger partial charge in [-0.3, -0.25) is 4.79 Å². The number of aromatic hydroxyl groups is 1. The lowest BCUT2D eigenvalue weighted by Gasteiger charge is -2.58. The maximum absolute atomic E-state index is 14.1. The highest BCUT2D eigenvalue weighted by Gasteiger charge is 2.68. The van der Waals surface area contributed by atoms with E-state index >= 15 is 0 Å². The quantitative estimate of drug-likeness (QED) is 0.0838. The molecule has 2 fully saturated rings. The first-order valence-electron chi connectivity index (χ1n) is 17.0. The predicted molar refractivity (Wildman–Crippen MR) is 195 cm³/mol. The molecule has 1 aliphatic heterocycles. The van der Waals surface area contributed by atoms with Crippen molar-refractivity contribution in [3.8, 4) is 5.75 Å². The number of hydrogen-bond acceptors (Lipinski definition) is 8. The summed E-state index contributed by atoms with van der Waals surface area (Å²) in [5, 5.41) is 55.4. The van der Waals surface area contributed by atoms with Gasteiger partial charge in [0, 0.05) is 35.9 Å². The summed E-state index contributed by atoms with van der Waals surface area (Å²) in [6.07, 6.45) is 12.2. The molecule has 0 aromatic heterocycles. The Balaban J connectivity index is 1.76. The van der Waals surface area contributed by atoms with E-state index in [1.54, 1.807) is 45.9 Å². The number of rotatable bonds is 13. The van der Waals surface area contributed by atoms with Gasteiger partial charge in [0.05, 0.1) is 18.3 Å². The summed E-state index contributed by atoms with van der Waals surface area (Å²) < 4.78 is 0. The van der Waals surface area contributed by atoms with Gasteiger partial charge in [0.2, 0.25) is 0 Å². The largest absolute Gasteiger partial charge is 0.508 e. The highest BCUT2D eigenvalue weighted by molar-refractivity contribution is 8.76. The smallest absolute Gasteiger partial charge is 0.163 e. The number of phenols is 1. The van der Waals surface area contributed by atoms with E-state index in [0.717, 1.165) is 52.2 Å². The van der Waals surface area contributed by atoms with Gasteiger partial charge in [0.1, 0.15) is 5.75 Å². The molecule has 5 N–H and O–H groups in total. The minimum absolute atomic E-state index is 0.0162. The zero-order valence-electron chi connectivity index (χ0n) is 28.3. The van der Waals surface area contributed by atoms with Gasteiger partial charge in [0.15, 0.2) is 5.78 Å².